The summed E-state index contributed by atoms with van der Waals surface area (Å²) >= 11 is 1.21. The van der Waals surface area contributed by atoms with Crippen molar-refractivity contribution in [2.45, 2.75) is 45.6 Å². The van der Waals surface area contributed by atoms with Gasteiger partial charge in [-0.05, 0) is 30.8 Å². The normalized spacial score (nSPS) is 18.6. The Kier molecular flexibility index (Phi) is 4.52. The van der Waals surface area contributed by atoms with Crippen molar-refractivity contribution in [2.75, 3.05) is 13.1 Å². The Labute approximate surface area is 134 Å². The SMILES string of the molecule is CCc1nnsc1C(=O)N1CCCC(n2ccnc2CC)C1. The fourth-order valence-electron chi connectivity index (χ4n) is 3.06. The predicted molar refractivity (Wildman–Crippen MR) is 85.1 cm³/mol. The lowest BCUT2D eigenvalue weighted by molar-refractivity contribution is 0.0681. The molecule has 1 fully saturated rings. The van der Waals surface area contributed by atoms with E-state index >= 15 is 0 Å². The van der Waals surface area contributed by atoms with Gasteiger partial charge < -0.3 is 9.47 Å². The Morgan fingerprint density at radius 1 is 1.41 bits per heavy atom. The van der Waals surface area contributed by atoms with Crippen LogP contribution < -0.4 is 0 Å². The average molecular weight is 319 g/mol. The zero-order chi connectivity index (χ0) is 15.5. The molecule has 0 aliphatic carbocycles. The second kappa shape index (κ2) is 6.56. The lowest BCUT2D eigenvalue weighted by Crippen LogP contribution is -2.41. The predicted octanol–water partition coefficient (Wildman–Crippen LogP) is 2.34. The fraction of sp³-hybridized carbons (Fsp3) is 0.600. The van der Waals surface area contributed by atoms with Crippen LogP contribution in [0.5, 0.6) is 0 Å². The Morgan fingerprint density at radius 3 is 3.05 bits per heavy atom. The molecule has 1 saturated heterocycles. The van der Waals surface area contributed by atoms with Crippen LogP contribution >= 0.6 is 11.5 Å². The molecule has 0 aromatic carbocycles. The standard InChI is InChI=1S/C15H21N5OS/c1-3-12-14(22-18-17-12)15(21)19-8-5-6-11(10-19)20-9-7-16-13(20)4-2/h7,9,11H,3-6,8,10H2,1-2H3. The molecule has 1 atom stereocenters. The van der Waals surface area contributed by atoms with Crippen molar-refractivity contribution >= 4 is 17.4 Å². The summed E-state index contributed by atoms with van der Waals surface area (Å²) in [5.74, 6) is 1.17. The van der Waals surface area contributed by atoms with Crippen LogP contribution in [0.1, 0.15) is 53.9 Å². The summed E-state index contributed by atoms with van der Waals surface area (Å²) in [4.78, 5) is 19.8. The Balaban J connectivity index is 1.77. The lowest BCUT2D eigenvalue weighted by Gasteiger charge is -2.33. The number of carbonyl (C=O) groups is 1. The van der Waals surface area contributed by atoms with Gasteiger partial charge in [0.2, 0.25) is 0 Å². The number of carbonyl (C=O) groups excluding carboxylic acids is 1. The molecule has 2 aromatic rings. The van der Waals surface area contributed by atoms with Gasteiger partial charge >= 0.3 is 0 Å². The van der Waals surface area contributed by atoms with Crippen LogP contribution in [-0.2, 0) is 12.8 Å². The fourth-order valence-corrected chi connectivity index (χ4v) is 3.78. The summed E-state index contributed by atoms with van der Waals surface area (Å²) in [7, 11) is 0. The third-order valence-electron chi connectivity index (χ3n) is 4.23. The van der Waals surface area contributed by atoms with Gasteiger partial charge in [0, 0.05) is 31.9 Å². The lowest BCUT2D eigenvalue weighted by atomic mass is 10.0. The Hall–Kier alpha value is -1.76. The van der Waals surface area contributed by atoms with E-state index in [1.807, 2.05) is 24.2 Å². The molecular formula is C15H21N5OS. The topological polar surface area (TPSA) is 63.9 Å². The molecule has 2 aromatic heterocycles. The molecule has 0 saturated carbocycles. The van der Waals surface area contributed by atoms with Crippen LogP contribution in [0, 0.1) is 0 Å². The number of likely N-dealkylation sites (tertiary alicyclic amines) is 1. The molecule has 6 nitrogen and oxygen atoms in total. The minimum atomic E-state index is 0.0784. The molecule has 0 radical (unpaired) electrons. The van der Waals surface area contributed by atoms with Crippen LogP contribution in [0.25, 0.3) is 0 Å². The molecule has 22 heavy (non-hydrogen) atoms. The van der Waals surface area contributed by atoms with Gasteiger partial charge in [-0.25, -0.2) is 4.98 Å². The Bertz CT molecular complexity index is 650. The summed E-state index contributed by atoms with van der Waals surface area (Å²) in [5.41, 5.74) is 0.814. The van der Waals surface area contributed by atoms with Crippen molar-refractivity contribution in [3.05, 3.63) is 28.8 Å². The zero-order valence-electron chi connectivity index (χ0n) is 13.0. The van der Waals surface area contributed by atoms with Crippen LogP contribution in [0.3, 0.4) is 0 Å². The van der Waals surface area contributed by atoms with Crippen LogP contribution in [-0.4, -0.2) is 43.0 Å². The number of hydrogen-bond donors (Lipinski definition) is 0. The van der Waals surface area contributed by atoms with Gasteiger partial charge in [-0.15, -0.1) is 5.10 Å². The highest BCUT2D eigenvalue weighted by molar-refractivity contribution is 7.08. The molecule has 1 aliphatic rings. The van der Waals surface area contributed by atoms with Gasteiger partial charge in [-0.2, -0.15) is 0 Å². The van der Waals surface area contributed by atoms with E-state index in [-0.39, 0.29) is 5.91 Å². The number of amides is 1. The van der Waals surface area contributed by atoms with E-state index in [0.717, 1.165) is 50.3 Å². The molecule has 1 aliphatic heterocycles. The molecule has 3 rings (SSSR count). The third-order valence-corrected chi connectivity index (χ3v) is 4.98. The molecule has 1 amide bonds. The third kappa shape index (κ3) is 2.77. The summed E-state index contributed by atoms with van der Waals surface area (Å²) in [6.07, 6.45) is 7.65. The maximum Gasteiger partial charge on any atom is 0.267 e. The summed E-state index contributed by atoms with van der Waals surface area (Å²) < 4.78 is 6.16. The number of nitrogens with zero attached hydrogens (tertiary/aromatic N) is 5. The highest BCUT2D eigenvalue weighted by atomic mass is 32.1. The number of aromatic nitrogens is 4. The minimum Gasteiger partial charge on any atom is -0.336 e. The van der Waals surface area contributed by atoms with Crippen LogP contribution in [0.2, 0.25) is 0 Å². The van der Waals surface area contributed by atoms with E-state index < -0.39 is 0 Å². The van der Waals surface area contributed by atoms with Gasteiger partial charge in [0.05, 0.1) is 11.7 Å². The molecule has 0 spiro atoms. The molecule has 3 heterocycles. The van der Waals surface area contributed by atoms with Crippen molar-refractivity contribution in [1.82, 2.24) is 24.0 Å². The number of hydrogen-bond acceptors (Lipinski definition) is 5. The number of piperidine rings is 1. The number of rotatable bonds is 4. The van der Waals surface area contributed by atoms with E-state index in [9.17, 15) is 4.79 Å². The van der Waals surface area contributed by atoms with Crippen molar-refractivity contribution in [3.8, 4) is 0 Å². The largest absolute Gasteiger partial charge is 0.336 e. The number of imidazole rings is 1. The number of aryl methyl sites for hydroxylation is 2. The highest BCUT2D eigenvalue weighted by Crippen LogP contribution is 2.25. The average Bonchev–Trinajstić information content (AvgIpc) is 3.22. The second-order valence-corrected chi connectivity index (χ2v) is 6.31. The van der Waals surface area contributed by atoms with Gasteiger partial charge in [-0.1, -0.05) is 18.3 Å². The quantitative estimate of drug-likeness (QED) is 0.867. The minimum absolute atomic E-state index is 0.0784. The zero-order valence-corrected chi connectivity index (χ0v) is 13.8. The molecule has 0 N–H and O–H groups in total. The first-order valence-electron chi connectivity index (χ1n) is 7.86. The van der Waals surface area contributed by atoms with Crippen molar-refractivity contribution in [1.29, 1.82) is 0 Å². The molecule has 1 unspecified atom stereocenters. The molecule has 118 valence electrons. The molecule has 7 heteroatoms. The van der Waals surface area contributed by atoms with E-state index in [1.165, 1.54) is 11.5 Å². The van der Waals surface area contributed by atoms with E-state index in [2.05, 4.69) is 26.1 Å². The van der Waals surface area contributed by atoms with E-state index in [0.29, 0.717) is 10.9 Å². The van der Waals surface area contributed by atoms with Gasteiger partial charge in [0.25, 0.3) is 5.91 Å². The van der Waals surface area contributed by atoms with E-state index in [1.54, 1.807) is 0 Å². The highest BCUT2D eigenvalue weighted by Gasteiger charge is 2.28. The van der Waals surface area contributed by atoms with Crippen molar-refractivity contribution < 1.29 is 4.79 Å². The maximum absolute atomic E-state index is 12.7. The summed E-state index contributed by atoms with van der Waals surface area (Å²) in [5, 5.41) is 4.05. The smallest absolute Gasteiger partial charge is 0.267 e. The second-order valence-electron chi connectivity index (χ2n) is 5.55. The van der Waals surface area contributed by atoms with Crippen LogP contribution in [0.15, 0.2) is 12.4 Å². The summed E-state index contributed by atoms with van der Waals surface area (Å²) in [6.45, 7) is 5.67. The van der Waals surface area contributed by atoms with Gasteiger partial charge in [0.1, 0.15) is 10.7 Å². The van der Waals surface area contributed by atoms with Gasteiger partial charge in [0.15, 0.2) is 0 Å². The monoisotopic (exact) mass is 319 g/mol. The van der Waals surface area contributed by atoms with Crippen molar-refractivity contribution in [2.24, 2.45) is 0 Å². The first-order chi connectivity index (χ1) is 10.7. The molecular weight excluding hydrogens is 298 g/mol. The van der Waals surface area contributed by atoms with Gasteiger partial charge in [-0.3, -0.25) is 4.79 Å². The summed E-state index contributed by atoms with van der Waals surface area (Å²) in [6, 6.07) is 0.320. The molecule has 0 bridgehead atoms. The van der Waals surface area contributed by atoms with E-state index in [4.69, 9.17) is 0 Å². The van der Waals surface area contributed by atoms with Crippen LogP contribution in [0.4, 0.5) is 0 Å². The van der Waals surface area contributed by atoms with Crippen molar-refractivity contribution in [3.63, 3.8) is 0 Å². The maximum atomic E-state index is 12.7. The first-order valence-corrected chi connectivity index (χ1v) is 8.64. The Morgan fingerprint density at radius 2 is 2.27 bits per heavy atom. The first kappa shape index (κ1) is 15.1.